The molecule has 2 N–H and O–H groups in total. The molecule has 1 saturated carbocycles. The van der Waals surface area contributed by atoms with Gasteiger partial charge in [0.15, 0.2) is 10.8 Å². The van der Waals surface area contributed by atoms with E-state index in [1.165, 1.54) is 37.7 Å². The van der Waals surface area contributed by atoms with E-state index < -0.39 is 5.97 Å². The number of carboxylic acid groups (broad SMARTS) is 1. The van der Waals surface area contributed by atoms with Gasteiger partial charge in [-0.15, -0.1) is 10.2 Å². The maximum Gasteiger partial charge on any atom is 0.355 e. The number of tetrazole rings is 1. The van der Waals surface area contributed by atoms with Crippen molar-refractivity contribution in [3.63, 3.8) is 0 Å². The molecule has 1 aliphatic carbocycles. The Bertz CT molecular complexity index is 1360. The Morgan fingerprint density at radius 1 is 1.11 bits per heavy atom. The minimum absolute atomic E-state index is 0.0384. The van der Waals surface area contributed by atoms with Crippen molar-refractivity contribution in [2.75, 3.05) is 0 Å². The van der Waals surface area contributed by atoms with Gasteiger partial charge in [0.2, 0.25) is 5.82 Å². The van der Waals surface area contributed by atoms with Crippen LogP contribution in [-0.2, 0) is 13.0 Å². The SMILES string of the molecule is CCCCc1nc(Cl)c(C(=O)O)n1Cc1ccc(-c2cc(C3CCCCC3)ccc2-c2nn[nH]n2)cc1. The number of aromatic amines is 1. The van der Waals surface area contributed by atoms with Gasteiger partial charge in [-0.3, -0.25) is 0 Å². The molecule has 0 atom stereocenters. The van der Waals surface area contributed by atoms with Gasteiger partial charge in [-0.05, 0) is 52.6 Å². The number of carboxylic acids is 1. The number of imidazole rings is 1. The van der Waals surface area contributed by atoms with Crippen LogP contribution in [0.5, 0.6) is 0 Å². The first kappa shape index (κ1) is 25.1. The van der Waals surface area contributed by atoms with Gasteiger partial charge in [0.25, 0.3) is 0 Å². The van der Waals surface area contributed by atoms with Gasteiger partial charge in [-0.25, -0.2) is 9.78 Å². The molecule has 37 heavy (non-hydrogen) atoms. The quantitative estimate of drug-likeness (QED) is 0.261. The predicted octanol–water partition coefficient (Wildman–Crippen LogP) is 6.52. The maximum atomic E-state index is 11.9. The molecule has 4 aromatic rings. The summed E-state index contributed by atoms with van der Waals surface area (Å²) < 4.78 is 1.73. The van der Waals surface area contributed by atoms with Crippen LogP contribution in [0.2, 0.25) is 5.15 Å². The molecule has 0 radical (unpaired) electrons. The normalized spacial score (nSPS) is 14.2. The highest BCUT2D eigenvalue weighted by molar-refractivity contribution is 6.32. The molecule has 1 fully saturated rings. The van der Waals surface area contributed by atoms with Crippen LogP contribution in [-0.4, -0.2) is 41.3 Å². The monoisotopic (exact) mass is 518 g/mol. The predicted molar refractivity (Wildman–Crippen MR) is 143 cm³/mol. The van der Waals surface area contributed by atoms with E-state index >= 15 is 0 Å². The lowest BCUT2D eigenvalue weighted by Gasteiger charge is -2.23. The highest BCUT2D eigenvalue weighted by Crippen LogP contribution is 2.38. The first-order valence-electron chi connectivity index (χ1n) is 13.0. The van der Waals surface area contributed by atoms with Crippen LogP contribution in [0.3, 0.4) is 0 Å². The second-order valence-electron chi connectivity index (χ2n) is 9.73. The van der Waals surface area contributed by atoms with E-state index in [-0.39, 0.29) is 10.8 Å². The number of benzene rings is 2. The number of H-pyrrole nitrogens is 1. The summed E-state index contributed by atoms with van der Waals surface area (Å²) >= 11 is 6.21. The highest BCUT2D eigenvalue weighted by Gasteiger charge is 2.22. The summed E-state index contributed by atoms with van der Waals surface area (Å²) in [6, 6.07) is 14.8. The number of rotatable bonds is 9. The average Bonchev–Trinajstić information content (AvgIpc) is 3.56. The second-order valence-corrected chi connectivity index (χ2v) is 10.1. The van der Waals surface area contributed by atoms with E-state index in [1.807, 2.05) is 12.1 Å². The summed E-state index contributed by atoms with van der Waals surface area (Å²) in [5, 5.41) is 24.6. The molecule has 8 nitrogen and oxygen atoms in total. The molecule has 2 aromatic carbocycles. The van der Waals surface area contributed by atoms with E-state index in [1.54, 1.807) is 4.57 Å². The number of aryl methyl sites for hydroxylation is 1. The summed E-state index contributed by atoms with van der Waals surface area (Å²) in [7, 11) is 0. The summed E-state index contributed by atoms with van der Waals surface area (Å²) in [5.41, 5.74) is 5.41. The molecule has 192 valence electrons. The smallest absolute Gasteiger partial charge is 0.355 e. The lowest BCUT2D eigenvalue weighted by Crippen LogP contribution is -2.13. The zero-order valence-electron chi connectivity index (χ0n) is 21.0. The largest absolute Gasteiger partial charge is 0.476 e. The lowest BCUT2D eigenvalue weighted by atomic mass is 9.82. The zero-order valence-corrected chi connectivity index (χ0v) is 21.7. The van der Waals surface area contributed by atoms with Gasteiger partial charge in [0.05, 0.1) is 0 Å². The Hall–Kier alpha value is -3.52. The Kier molecular flexibility index (Phi) is 7.65. The first-order chi connectivity index (χ1) is 18.0. The molecule has 0 aliphatic heterocycles. The minimum Gasteiger partial charge on any atom is -0.476 e. The molecule has 0 saturated heterocycles. The number of aromatic nitrogens is 6. The van der Waals surface area contributed by atoms with Crippen molar-refractivity contribution in [3.8, 4) is 22.5 Å². The van der Waals surface area contributed by atoms with Gasteiger partial charge in [0.1, 0.15) is 5.82 Å². The fourth-order valence-corrected chi connectivity index (χ4v) is 5.58. The lowest BCUT2D eigenvalue weighted by molar-refractivity contribution is 0.0685. The van der Waals surface area contributed by atoms with Crippen LogP contribution in [0, 0.1) is 0 Å². The van der Waals surface area contributed by atoms with E-state index in [0.717, 1.165) is 35.1 Å². The third-order valence-electron chi connectivity index (χ3n) is 7.27. The van der Waals surface area contributed by atoms with Gasteiger partial charge in [-0.1, -0.05) is 86.7 Å². The van der Waals surface area contributed by atoms with Gasteiger partial charge in [-0.2, -0.15) is 5.21 Å². The molecule has 9 heteroatoms. The Balaban J connectivity index is 1.48. The van der Waals surface area contributed by atoms with Gasteiger partial charge in [0, 0.05) is 18.5 Å². The summed E-state index contributed by atoms with van der Waals surface area (Å²) in [6.45, 7) is 2.48. The maximum absolute atomic E-state index is 11.9. The van der Waals surface area contributed by atoms with Crippen molar-refractivity contribution in [3.05, 3.63) is 70.3 Å². The van der Waals surface area contributed by atoms with Crippen LogP contribution in [0.25, 0.3) is 22.5 Å². The summed E-state index contributed by atoms with van der Waals surface area (Å²) in [5.74, 6) is 0.774. The molecule has 0 amide bonds. The molecular weight excluding hydrogens is 488 g/mol. The van der Waals surface area contributed by atoms with Crippen LogP contribution in [0.4, 0.5) is 0 Å². The molecule has 1 aliphatic rings. The number of unbranched alkanes of at least 4 members (excludes halogenated alkanes) is 1. The van der Waals surface area contributed by atoms with Crippen molar-refractivity contribution in [1.82, 2.24) is 30.2 Å². The third-order valence-corrected chi connectivity index (χ3v) is 7.54. The zero-order chi connectivity index (χ0) is 25.8. The van der Waals surface area contributed by atoms with Crippen molar-refractivity contribution in [2.24, 2.45) is 0 Å². The minimum atomic E-state index is -1.07. The average molecular weight is 519 g/mol. The number of nitrogens with one attached hydrogen (secondary N) is 1. The Morgan fingerprint density at radius 2 is 1.89 bits per heavy atom. The molecule has 5 rings (SSSR count). The third kappa shape index (κ3) is 5.44. The Labute approximate surface area is 221 Å². The van der Waals surface area contributed by atoms with Crippen LogP contribution < -0.4 is 0 Å². The van der Waals surface area contributed by atoms with Crippen molar-refractivity contribution in [1.29, 1.82) is 0 Å². The fraction of sp³-hybridized carbons (Fsp3) is 0.393. The second kappa shape index (κ2) is 11.3. The van der Waals surface area contributed by atoms with Crippen LogP contribution in [0.1, 0.15) is 85.2 Å². The molecule has 2 heterocycles. The standard InChI is InChI=1S/C28H31ClN6O2/c1-2-3-9-24-30-26(29)25(28(36)37)35(24)17-18-10-12-20(13-11-18)23-16-21(19-7-5-4-6-8-19)14-15-22(23)27-31-33-34-32-27/h10-16,19H,2-9,17H2,1H3,(H,36,37)(H,31,32,33,34). The van der Waals surface area contributed by atoms with Gasteiger partial charge >= 0.3 is 5.97 Å². The highest BCUT2D eigenvalue weighted by atomic mass is 35.5. The molecule has 0 bridgehead atoms. The summed E-state index contributed by atoms with van der Waals surface area (Å²) in [4.78, 5) is 16.3. The number of nitrogens with zero attached hydrogens (tertiary/aromatic N) is 5. The molecular formula is C28H31ClN6O2. The van der Waals surface area contributed by atoms with E-state index in [0.29, 0.717) is 30.5 Å². The number of hydrogen-bond acceptors (Lipinski definition) is 5. The van der Waals surface area contributed by atoms with Crippen molar-refractivity contribution >= 4 is 17.6 Å². The number of halogens is 1. The van der Waals surface area contributed by atoms with E-state index in [4.69, 9.17) is 11.6 Å². The molecule has 0 unspecified atom stereocenters. The fourth-order valence-electron chi connectivity index (χ4n) is 5.30. The molecule has 2 aromatic heterocycles. The topological polar surface area (TPSA) is 110 Å². The van der Waals surface area contributed by atoms with E-state index in [9.17, 15) is 9.90 Å². The van der Waals surface area contributed by atoms with Gasteiger partial charge < -0.3 is 9.67 Å². The first-order valence-corrected chi connectivity index (χ1v) is 13.4. The number of carbonyl (C=O) groups is 1. The van der Waals surface area contributed by atoms with Crippen LogP contribution in [0.15, 0.2) is 42.5 Å². The Morgan fingerprint density at radius 3 is 2.57 bits per heavy atom. The van der Waals surface area contributed by atoms with Crippen molar-refractivity contribution < 1.29 is 9.90 Å². The summed E-state index contributed by atoms with van der Waals surface area (Å²) in [6.07, 6.45) is 8.91. The van der Waals surface area contributed by atoms with Crippen LogP contribution >= 0.6 is 11.6 Å². The van der Waals surface area contributed by atoms with E-state index in [2.05, 4.69) is 62.9 Å². The molecule has 0 spiro atoms. The number of hydrogen-bond donors (Lipinski definition) is 2. The number of aromatic carboxylic acids is 1. The van der Waals surface area contributed by atoms with Crippen molar-refractivity contribution in [2.45, 2.75) is 70.8 Å².